The molecule has 1 saturated heterocycles. The highest BCUT2D eigenvalue weighted by Crippen LogP contribution is 2.57. The van der Waals surface area contributed by atoms with Crippen LogP contribution < -0.4 is 39.2 Å². The number of nitrogens with one attached hydrogen (secondary N) is 2. The lowest BCUT2D eigenvalue weighted by atomic mass is 9.89. The quantitative estimate of drug-likeness (QED) is 0.0285. The summed E-state index contributed by atoms with van der Waals surface area (Å²) in [5.74, 6) is 0.106. The van der Waals surface area contributed by atoms with Crippen molar-refractivity contribution in [2.24, 2.45) is 35.0 Å². The van der Waals surface area contributed by atoms with E-state index in [0.29, 0.717) is 91.4 Å². The molecule has 1 aromatic heterocycles. The van der Waals surface area contributed by atoms with E-state index in [1.165, 1.54) is 12.8 Å². The Bertz CT molecular complexity index is 3990. The van der Waals surface area contributed by atoms with Gasteiger partial charge in [-0.15, -0.1) is 5.10 Å². The zero-order valence-electron chi connectivity index (χ0n) is 59.8. The van der Waals surface area contributed by atoms with Crippen LogP contribution in [0.4, 0.5) is 10.5 Å². The number of ether oxygens (including phenoxy) is 7. The van der Waals surface area contributed by atoms with Crippen LogP contribution in [0.25, 0.3) is 5.57 Å². The number of esters is 1. The number of methoxy groups -OCH3 is 3. The zero-order valence-corrected chi connectivity index (χ0v) is 59.8. The second-order valence-electron chi connectivity index (χ2n) is 29.3. The van der Waals surface area contributed by atoms with E-state index in [4.69, 9.17) is 33.2 Å². The van der Waals surface area contributed by atoms with Gasteiger partial charge in [0.1, 0.15) is 12.4 Å². The van der Waals surface area contributed by atoms with Crippen LogP contribution in [-0.4, -0.2) is 156 Å². The van der Waals surface area contributed by atoms with Gasteiger partial charge in [-0.05, 0) is 191 Å². The van der Waals surface area contributed by atoms with Gasteiger partial charge in [-0.3, -0.25) is 33.6 Å². The number of carbonyl (C=O) groups excluding carboxylic acids is 8. The Balaban J connectivity index is 0.587. The second-order valence-corrected chi connectivity index (χ2v) is 29.3. The van der Waals surface area contributed by atoms with Crippen LogP contribution in [0.1, 0.15) is 178 Å². The summed E-state index contributed by atoms with van der Waals surface area (Å²) in [5, 5.41) is 26.3. The fourth-order valence-corrected chi connectivity index (χ4v) is 15.5. The van der Waals surface area contributed by atoms with Crippen LogP contribution in [-0.2, 0) is 65.7 Å². The van der Waals surface area contributed by atoms with E-state index in [1.807, 2.05) is 46.1 Å². The standard InChI is InChI=1S/C78H96N8O16/c1-45(2)58(35-54(87)40-79-71(89)26-27-72(90)101-43-61-56-22-24-62-63(25-23-57(56)61)86(46(3)4)82-81-62)73(91)80-47(5)66(88)32-48-12-14-49(15-13-48)42-102-77(95)85-64-38-70(68(98-8)37-60(64)75(93)84-44-78(28-29-78)39-65(84)76(85)94)100-31-11-9-10-30-99-69-34-51-16-19-53-33-52(50-17-20-55(96-6)21-18-50)41-83(53)74(92)59(51)36-67(69)97-7/h12-15,17-18,20-21,34,36-38,41,45-47,53,56-58,61,65,76,94H,9-11,16,19,22-33,35,39-40,42-44H2,1-8H3,(H,79,89)(H,80,91)/t47-,53+,56-,57+,58-,61?,65-,76?/m0/s1. The van der Waals surface area contributed by atoms with E-state index >= 15 is 0 Å². The molecule has 8 atom stereocenters. The number of aryl methyl sites for hydroxylation is 2. The Labute approximate surface area is 595 Å². The Hall–Kier alpha value is -9.32. The van der Waals surface area contributed by atoms with Gasteiger partial charge in [-0.1, -0.05) is 55.5 Å². The van der Waals surface area contributed by atoms with Gasteiger partial charge in [0.2, 0.25) is 11.8 Å². The number of benzene rings is 4. The fourth-order valence-electron chi connectivity index (χ4n) is 15.5. The Kier molecular flexibility index (Phi) is 22.4. The predicted molar refractivity (Wildman–Crippen MR) is 376 cm³/mol. The number of rotatable bonds is 30. The van der Waals surface area contributed by atoms with Crippen molar-refractivity contribution in [2.45, 2.75) is 181 Å². The number of Topliss-reactive ketones (excluding diaryl/α,β-unsaturated/α-hetero) is 2. The van der Waals surface area contributed by atoms with Gasteiger partial charge >= 0.3 is 12.1 Å². The lowest BCUT2D eigenvalue weighted by Crippen LogP contribution is -2.50. The Morgan fingerprint density at radius 3 is 2.10 bits per heavy atom. The highest BCUT2D eigenvalue weighted by atomic mass is 16.6. The van der Waals surface area contributed by atoms with Crippen molar-refractivity contribution < 1.29 is 76.6 Å². The third-order valence-electron chi connectivity index (χ3n) is 21.8. The van der Waals surface area contributed by atoms with Gasteiger partial charge in [0.25, 0.3) is 11.8 Å². The minimum atomic E-state index is -1.45. The minimum Gasteiger partial charge on any atom is -0.497 e. The summed E-state index contributed by atoms with van der Waals surface area (Å²) in [6, 6.07) is 20.3. The number of carbonyl (C=O) groups is 8. The van der Waals surface area contributed by atoms with E-state index < -0.39 is 48.1 Å². The van der Waals surface area contributed by atoms with Crippen LogP contribution in [0.15, 0.2) is 79.0 Å². The van der Waals surface area contributed by atoms with Gasteiger partial charge < -0.3 is 58.7 Å². The molecule has 7 aliphatic rings. The normalized spacial score (nSPS) is 21.1. The first-order valence-electron chi connectivity index (χ1n) is 36.2. The van der Waals surface area contributed by atoms with Crippen molar-refractivity contribution in [2.75, 3.05) is 59.1 Å². The summed E-state index contributed by atoms with van der Waals surface area (Å²) in [4.78, 5) is 113. The Morgan fingerprint density at radius 1 is 0.735 bits per heavy atom. The van der Waals surface area contributed by atoms with E-state index in [0.717, 1.165) is 90.8 Å². The number of hydrogen-bond acceptors (Lipinski definition) is 18. The van der Waals surface area contributed by atoms with Crippen LogP contribution in [0.3, 0.4) is 0 Å². The molecule has 0 radical (unpaired) electrons. The summed E-state index contributed by atoms with van der Waals surface area (Å²) in [7, 11) is 4.68. The Morgan fingerprint density at radius 2 is 1.42 bits per heavy atom. The molecule has 12 rings (SSSR count). The lowest BCUT2D eigenvalue weighted by molar-refractivity contribution is -0.145. The van der Waals surface area contributed by atoms with Crippen molar-refractivity contribution in [3.8, 4) is 28.7 Å². The molecule has 24 nitrogen and oxygen atoms in total. The molecule has 102 heavy (non-hydrogen) atoms. The average molecular weight is 1400 g/mol. The summed E-state index contributed by atoms with van der Waals surface area (Å²) < 4.78 is 43.0. The van der Waals surface area contributed by atoms with E-state index in [-0.39, 0.29) is 115 Å². The second kappa shape index (κ2) is 31.5. The van der Waals surface area contributed by atoms with Gasteiger partial charge in [0, 0.05) is 61.6 Å². The van der Waals surface area contributed by atoms with Gasteiger partial charge in [-0.25, -0.2) is 14.4 Å². The van der Waals surface area contributed by atoms with Crippen LogP contribution in [0.2, 0.25) is 0 Å². The molecule has 0 bridgehead atoms. The molecule has 5 amide bonds. The average Bonchev–Trinajstić information content (AvgIpc) is 1.57. The number of nitrogens with zero attached hydrogens (tertiary/aromatic N) is 6. The minimum absolute atomic E-state index is 0.0331. The third-order valence-corrected chi connectivity index (χ3v) is 21.8. The van der Waals surface area contributed by atoms with Crippen molar-refractivity contribution in [1.82, 2.24) is 35.4 Å². The number of amides is 5. The molecule has 5 aromatic rings. The molecule has 3 fully saturated rings. The number of aliphatic hydroxyl groups excluding tert-OH is 1. The monoisotopic (exact) mass is 1400 g/mol. The van der Waals surface area contributed by atoms with E-state index in [2.05, 4.69) is 34.8 Å². The van der Waals surface area contributed by atoms with Crippen molar-refractivity contribution >= 4 is 58.5 Å². The summed E-state index contributed by atoms with van der Waals surface area (Å²) in [6.07, 6.45) is 9.52. The predicted octanol–water partition coefficient (Wildman–Crippen LogP) is 9.91. The first kappa shape index (κ1) is 72.5. The van der Waals surface area contributed by atoms with Crippen LogP contribution in [0.5, 0.6) is 28.7 Å². The van der Waals surface area contributed by atoms with Gasteiger partial charge in [-0.2, -0.15) is 0 Å². The lowest BCUT2D eigenvalue weighted by Gasteiger charge is -2.31. The molecule has 2 saturated carbocycles. The van der Waals surface area contributed by atoms with Crippen molar-refractivity contribution in [3.63, 3.8) is 0 Å². The van der Waals surface area contributed by atoms with Crippen molar-refractivity contribution in [3.05, 3.63) is 124 Å². The molecule has 3 N–H and O–H groups in total. The summed E-state index contributed by atoms with van der Waals surface area (Å²) in [6.45, 7) is 10.3. The SMILES string of the molecule is COc1ccc(C2=CN3C(=O)c4cc(OC)c(OCCCCCOc5cc6c(cc5OC)C(=O)N5CC7(CC7)C[C@H]5C(O)N6C(=O)OCc5ccc(CC(=O)[C@H](C)NC(=O)[C@@H](CC(=O)CNC(=O)CCC(=O)OCC6[C@H]7CCc8nnn(C(C)C)c8CC[C@@H]67)C(C)C)cc5)cc4CC[C@@H]3C2)cc1. The smallest absolute Gasteiger partial charge is 0.416 e. The molecule has 544 valence electrons. The van der Waals surface area contributed by atoms with Gasteiger partial charge in [0.05, 0.1) is 88.8 Å². The maximum absolute atomic E-state index is 14.5. The third kappa shape index (κ3) is 16.3. The molecular formula is C78H96N8O16. The summed E-state index contributed by atoms with van der Waals surface area (Å²) in [5.41, 5.74) is 7.33. The molecule has 4 aliphatic heterocycles. The molecule has 3 aliphatic carbocycles. The largest absolute Gasteiger partial charge is 0.497 e. The number of ketones is 2. The van der Waals surface area contributed by atoms with E-state index in [1.54, 1.807) is 82.4 Å². The molecule has 1 spiro atoms. The molecular weight excluding hydrogens is 1300 g/mol. The van der Waals surface area contributed by atoms with Gasteiger partial charge in [0.15, 0.2) is 40.8 Å². The topological polar surface area (TPSA) is 286 Å². The molecule has 2 unspecified atom stereocenters. The summed E-state index contributed by atoms with van der Waals surface area (Å²) >= 11 is 0. The zero-order chi connectivity index (χ0) is 72.1. The highest BCUT2D eigenvalue weighted by molar-refractivity contribution is 6.06. The maximum Gasteiger partial charge on any atom is 0.416 e. The number of aliphatic hydroxyl groups is 1. The van der Waals surface area contributed by atoms with Crippen LogP contribution in [0, 0.1) is 35.0 Å². The highest BCUT2D eigenvalue weighted by Gasteiger charge is 2.58. The molecule has 4 aromatic carbocycles. The number of hydrogen-bond donors (Lipinski definition) is 3. The van der Waals surface area contributed by atoms with Crippen molar-refractivity contribution in [1.29, 1.82) is 0 Å². The number of anilines is 1. The molecule has 5 heterocycles. The van der Waals surface area contributed by atoms with Crippen LogP contribution >= 0.6 is 0 Å². The fraction of sp³-hybridized carbons (Fsp3) is 0.538. The maximum atomic E-state index is 14.5. The first-order chi connectivity index (χ1) is 49.1. The number of fused-ring (bicyclic) bond motifs is 6. The molecule has 24 heteroatoms. The number of aromatic nitrogens is 3. The van der Waals surface area contributed by atoms with E-state index in [9.17, 15) is 43.5 Å². The number of unbranched alkanes of at least 4 members (excludes halogenated alkanes) is 2. The first-order valence-corrected chi connectivity index (χ1v) is 36.2.